The molecule has 82 valence electrons. The van der Waals surface area contributed by atoms with Crippen LogP contribution in [0.15, 0.2) is 10.5 Å². The second kappa shape index (κ2) is 4.45. The van der Waals surface area contributed by atoms with Gasteiger partial charge in [-0.1, -0.05) is 6.92 Å². The van der Waals surface area contributed by atoms with Crippen LogP contribution >= 0.6 is 15.9 Å². The lowest BCUT2D eigenvalue weighted by atomic mass is 10.1. The van der Waals surface area contributed by atoms with Gasteiger partial charge in [0.1, 0.15) is 0 Å². The van der Waals surface area contributed by atoms with Crippen LogP contribution in [0, 0.1) is 0 Å². The van der Waals surface area contributed by atoms with Gasteiger partial charge in [0.25, 0.3) is 0 Å². The van der Waals surface area contributed by atoms with Crippen LogP contribution in [0.1, 0.15) is 25.0 Å². The molecule has 2 N–H and O–H groups in total. The molecule has 1 atom stereocenters. The number of hydrogen-bond donors (Lipinski definition) is 1. The van der Waals surface area contributed by atoms with Gasteiger partial charge in [0.05, 0.1) is 10.2 Å². The molecular weight excluding hydrogens is 256 g/mol. The average molecular weight is 271 g/mol. The molecule has 0 radical (unpaired) electrons. The van der Waals surface area contributed by atoms with Gasteiger partial charge in [-0.25, -0.2) is 0 Å². The van der Waals surface area contributed by atoms with E-state index in [1.807, 2.05) is 6.07 Å². The first kappa shape index (κ1) is 10.8. The van der Waals surface area contributed by atoms with Gasteiger partial charge in [-0.2, -0.15) is 5.10 Å². The molecule has 1 aromatic heterocycles. The summed E-state index contributed by atoms with van der Waals surface area (Å²) in [6.07, 6.45) is 1.17. The summed E-state index contributed by atoms with van der Waals surface area (Å²) < 4.78 is 0.849. The molecule has 5 heteroatoms. The topological polar surface area (TPSA) is 55.0 Å². The molecule has 0 saturated carbocycles. The van der Waals surface area contributed by atoms with Crippen LogP contribution in [-0.4, -0.2) is 34.7 Å². The molecule has 4 nitrogen and oxygen atoms in total. The van der Waals surface area contributed by atoms with Gasteiger partial charge in [0.2, 0.25) is 0 Å². The van der Waals surface area contributed by atoms with E-state index in [0.29, 0.717) is 11.7 Å². The molecule has 1 unspecified atom stereocenters. The van der Waals surface area contributed by atoms with Crippen molar-refractivity contribution in [3.63, 3.8) is 0 Å². The Kier molecular flexibility index (Phi) is 3.21. The van der Waals surface area contributed by atoms with Gasteiger partial charge in [0.15, 0.2) is 5.82 Å². The Morgan fingerprint density at radius 3 is 3.00 bits per heavy atom. The number of likely N-dealkylation sites (N-methyl/N-ethyl adjacent to an activating group) is 1. The predicted octanol–water partition coefficient (Wildman–Crippen LogP) is 1.63. The van der Waals surface area contributed by atoms with Crippen molar-refractivity contribution in [2.45, 2.75) is 19.3 Å². The monoisotopic (exact) mass is 270 g/mol. The Balaban J connectivity index is 2.13. The largest absolute Gasteiger partial charge is 0.381 e. The van der Waals surface area contributed by atoms with Crippen molar-refractivity contribution in [3.05, 3.63) is 16.2 Å². The van der Waals surface area contributed by atoms with E-state index in [4.69, 9.17) is 5.73 Å². The summed E-state index contributed by atoms with van der Waals surface area (Å²) >= 11 is 3.38. The lowest BCUT2D eigenvalue weighted by Crippen LogP contribution is -2.19. The number of aromatic nitrogens is 2. The van der Waals surface area contributed by atoms with E-state index >= 15 is 0 Å². The van der Waals surface area contributed by atoms with Gasteiger partial charge < -0.3 is 10.6 Å². The predicted molar refractivity (Wildman–Crippen MR) is 63.6 cm³/mol. The van der Waals surface area contributed by atoms with Crippen molar-refractivity contribution in [2.75, 3.05) is 25.4 Å². The molecule has 0 aromatic carbocycles. The summed E-state index contributed by atoms with van der Waals surface area (Å²) in [6.45, 7) is 5.54. The second-order valence-electron chi connectivity index (χ2n) is 3.88. The number of anilines is 1. The fourth-order valence-corrected chi connectivity index (χ4v) is 2.27. The zero-order valence-corrected chi connectivity index (χ0v) is 10.4. The summed E-state index contributed by atoms with van der Waals surface area (Å²) in [6, 6.07) is 1.99. The van der Waals surface area contributed by atoms with Crippen LogP contribution in [0.4, 0.5) is 5.82 Å². The zero-order valence-electron chi connectivity index (χ0n) is 8.78. The van der Waals surface area contributed by atoms with E-state index in [9.17, 15) is 0 Å². The van der Waals surface area contributed by atoms with E-state index in [1.54, 1.807) is 0 Å². The van der Waals surface area contributed by atoms with Gasteiger partial charge >= 0.3 is 0 Å². The lowest BCUT2D eigenvalue weighted by Gasteiger charge is -2.12. The molecule has 2 heterocycles. The minimum Gasteiger partial charge on any atom is -0.381 e. The van der Waals surface area contributed by atoms with Crippen LogP contribution in [0.2, 0.25) is 0 Å². The zero-order chi connectivity index (χ0) is 10.8. The smallest absolute Gasteiger partial charge is 0.160 e. The van der Waals surface area contributed by atoms with Gasteiger partial charge in [-0.3, -0.25) is 0 Å². The Morgan fingerprint density at radius 1 is 1.60 bits per heavy atom. The van der Waals surface area contributed by atoms with Crippen molar-refractivity contribution in [3.8, 4) is 0 Å². The first-order valence-corrected chi connectivity index (χ1v) is 6.01. The maximum absolute atomic E-state index is 5.61. The van der Waals surface area contributed by atoms with Gasteiger partial charge in [0, 0.05) is 12.5 Å². The van der Waals surface area contributed by atoms with Crippen LogP contribution in [-0.2, 0) is 0 Å². The summed E-state index contributed by atoms with van der Waals surface area (Å²) in [7, 11) is 0. The highest BCUT2D eigenvalue weighted by molar-refractivity contribution is 9.10. The average Bonchev–Trinajstić information content (AvgIpc) is 2.70. The normalized spacial score (nSPS) is 22.1. The van der Waals surface area contributed by atoms with Crippen LogP contribution in [0.25, 0.3) is 0 Å². The number of nitrogen functional groups attached to an aromatic ring is 1. The Labute approximate surface area is 98.0 Å². The SMILES string of the molecule is CCN1CCC(c2cc(Br)c(N)nn2)C1. The van der Waals surface area contributed by atoms with Gasteiger partial charge in [-0.15, -0.1) is 5.10 Å². The summed E-state index contributed by atoms with van der Waals surface area (Å²) in [5.41, 5.74) is 6.66. The van der Waals surface area contributed by atoms with Crippen molar-refractivity contribution >= 4 is 21.7 Å². The minimum atomic E-state index is 0.462. The number of likely N-dealkylation sites (tertiary alicyclic amines) is 1. The summed E-state index contributed by atoms with van der Waals surface area (Å²) in [5.74, 6) is 0.971. The van der Waals surface area contributed by atoms with Crippen LogP contribution in [0.5, 0.6) is 0 Å². The fraction of sp³-hybridized carbons (Fsp3) is 0.600. The van der Waals surface area contributed by atoms with E-state index in [2.05, 4.69) is 38.0 Å². The summed E-state index contributed by atoms with van der Waals surface area (Å²) in [4.78, 5) is 2.43. The third kappa shape index (κ3) is 2.29. The highest BCUT2D eigenvalue weighted by Crippen LogP contribution is 2.27. The van der Waals surface area contributed by atoms with E-state index in [0.717, 1.165) is 29.8 Å². The summed E-state index contributed by atoms with van der Waals surface area (Å²) in [5, 5.41) is 8.09. The molecule has 0 amide bonds. The Bertz CT molecular complexity index is 355. The molecule has 0 aliphatic carbocycles. The van der Waals surface area contributed by atoms with Crippen LogP contribution < -0.4 is 5.73 Å². The van der Waals surface area contributed by atoms with Gasteiger partial charge in [-0.05, 0) is 41.5 Å². The van der Waals surface area contributed by atoms with Crippen LogP contribution in [0.3, 0.4) is 0 Å². The number of nitrogens with zero attached hydrogens (tertiary/aromatic N) is 3. The fourth-order valence-electron chi connectivity index (χ4n) is 1.95. The standard InChI is InChI=1S/C10H15BrN4/c1-2-15-4-3-7(6-15)9-5-8(11)10(12)14-13-9/h5,7H,2-4,6H2,1H3,(H2,12,14). The molecule has 15 heavy (non-hydrogen) atoms. The third-order valence-electron chi connectivity index (χ3n) is 2.93. The molecule has 1 aliphatic heterocycles. The lowest BCUT2D eigenvalue weighted by molar-refractivity contribution is 0.353. The third-order valence-corrected chi connectivity index (χ3v) is 3.57. The first-order valence-electron chi connectivity index (χ1n) is 5.21. The minimum absolute atomic E-state index is 0.462. The molecule has 1 saturated heterocycles. The molecular formula is C10H15BrN4. The van der Waals surface area contributed by atoms with Crippen molar-refractivity contribution in [1.29, 1.82) is 0 Å². The number of hydrogen-bond acceptors (Lipinski definition) is 4. The molecule has 1 aromatic rings. The Hall–Kier alpha value is -0.680. The maximum atomic E-state index is 5.61. The Morgan fingerprint density at radius 2 is 2.40 bits per heavy atom. The molecule has 0 spiro atoms. The van der Waals surface area contributed by atoms with Crippen molar-refractivity contribution in [2.24, 2.45) is 0 Å². The van der Waals surface area contributed by atoms with E-state index in [1.165, 1.54) is 6.42 Å². The van der Waals surface area contributed by atoms with E-state index < -0.39 is 0 Å². The highest BCUT2D eigenvalue weighted by Gasteiger charge is 2.24. The number of rotatable bonds is 2. The first-order chi connectivity index (χ1) is 7.20. The number of nitrogens with two attached hydrogens (primary N) is 1. The molecule has 1 aliphatic rings. The second-order valence-corrected chi connectivity index (χ2v) is 4.74. The molecule has 2 rings (SSSR count). The quantitative estimate of drug-likeness (QED) is 0.888. The maximum Gasteiger partial charge on any atom is 0.160 e. The van der Waals surface area contributed by atoms with Crippen molar-refractivity contribution in [1.82, 2.24) is 15.1 Å². The molecule has 1 fully saturated rings. The van der Waals surface area contributed by atoms with Crippen molar-refractivity contribution < 1.29 is 0 Å². The number of halogens is 1. The van der Waals surface area contributed by atoms with E-state index in [-0.39, 0.29) is 0 Å². The molecule has 0 bridgehead atoms. The highest BCUT2D eigenvalue weighted by atomic mass is 79.9.